The summed E-state index contributed by atoms with van der Waals surface area (Å²) in [5.74, 6) is -0.121. The van der Waals surface area contributed by atoms with Crippen molar-refractivity contribution in [3.63, 3.8) is 0 Å². The van der Waals surface area contributed by atoms with E-state index in [4.69, 9.17) is 9.73 Å². The van der Waals surface area contributed by atoms with Crippen molar-refractivity contribution in [1.29, 1.82) is 5.26 Å². The van der Waals surface area contributed by atoms with Gasteiger partial charge < -0.3 is 20.3 Å². The molecule has 3 aromatic carbocycles. The van der Waals surface area contributed by atoms with Crippen LogP contribution in [-0.2, 0) is 16.0 Å². The number of rotatable bonds is 8. The van der Waals surface area contributed by atoms with Gasteiger partial charge in [-0.2, -0.15) is 5.26 Å². The van der Waals surface area contributed by atoms with Gasteiger partial charge in [0.25, 0.3) is 0 Å². The van der Waals surface area contributed by atoms with Gasteiger partial charge >= 0.3 is 6.09 Å². The molecule has 4 rings (SSSR count). The molecule has 2 unspecified atom stereocenters. The largest absolute Gasteiger partial charge is 0.444 e. The zero-order valence-electron chi connectivity index (χ0n) is 24.9. The van der Waals surface area contributed by atoms with Gasteiger partial charge in [-0.05, 0) is 58.7 Å². The first-order valence-corrected chi connectivity index (χ1v) is 14.3. The number of piperazine rings is 1. The lowest BCUT2D eigenvalue weighted by Gasteiger charge is -2.41. The lowest BCUT2D eigenvalue weighted by molar-refractivity contribution is -0.123. The lowest BCUT2D eigenvalue weighted by atomic mass is 9.94. The number of carbonyl (C=O) groups is 2. The minimum absolute atomic E-state index is 0.121. The molecule has 0 radical (unpaired) electrons. The second-order valence-electron chi connectivity index (χ2n) is 11.7. The maximum absolute atomic E-state index is 13.5. The van der Waals surface area contributed by atoms with Crippen LogP contribution < -0.4 is 10.6 Å². The number of hydrogen-bond donors (Lipinski definition) is 2. The topological polar surface area (TPSA) is 107 Å². The van der Waals surface area contributed by atoms with E-state index in [0.29, 0.717) is 24.2 Å². The first-order chi connectivity index (χ1) is 20.1. The first kappa shape index (κ1) is 30.5. The Labute approximate surface area is 248 Å². The number of hydrogen-bond acceptors (Lipinski definition) is 6. The molecule has 42 heavy (non-hydrogen) atoms. The molecule has 0 aromatic heterocycles. The van der Waals surface area contributed by atoms with Gasteiger partial charge in [-0.1, -0.05) is 66.7 Å². The molecule has 1 heterocycles. The second kappa shape index (κ2) is 13.5. The van der Waals surface area contributed by atoms with Crippen molar-refractivity contribution in [3.8, 4) is 6.07 Å². The van der Waals surface area contributed by atoms with Crippen molar-refractivity contribution in [2.24, 2.45) is 4.99 Å². The molecule has 0 bridgehead atoms. The van der Waals surface area contributed by atoms with E-state index in [1.54, 1.807) is 11.0 Å². The molecule has 2 N–H and O–H groups in total. The monoisotopic (exact) mass is 565 g/mol. The lowest BCUT2D eigenvalue weighted by Crippen LogP contribution is -2.64. The molecule has 2 atom stereocenters. The molecule has 218 valence electrons. The quantitative estimate of drug-likeness (QED) is 0.357. The minimum atomic E-state index is -0.676. The van der Waals surface area contributed by atoms with Crippen molar-refractivity contribution in [2.45, 2.75) is 64.8 Å². The fourth-order valence-corrected chi connectivity index (χ4v) is 5.10. The van der Waals surface area contributed by atoms with Crippen LogP contribution in [0.3, 0.4) is 0 Å². The van der Waals surface area contributed by atoms with Gasteiger partial charge in [-0.15, -0.1) is 0 Å². The van der Waals surface area contributed by atoms with Crippen LogP contribution >= 0.6 is 0 Å². The van der Waals surface area contributed by atoms with Crippen LogP contribution in [0.25, 0.3) is 0 Å². The number of nitrogens with one attached hydrogen (secondary N) is 2. The highest BCUT2D eigenvalue weighted by molar-refractivity contribution is 6.14. The Bertz CT molecular complexity index is 1410. The summed E-state index contributed by atoms with van der Waals surface area (Å²) in [6.45, 7) is 10.1. The molecule has 1 fully saturated rings. The van der Waals surface area contributed by atoms with Crippen LogP contribution in [0, 0.1) is 11.3 Å². The molecule has 2 amide bonds. The summed E-state index contributed by atoms with van der Waals surface area (Å²) in [5.41, 5.74) is 3.81. The van der Waals surface area contributed by atoms with Gasteiger partial charge in [0.15, 0.2) is 0 Å². The van der Waals surface area contributed by atoms with Crippen molar-refractivity contribution in [2.75, 3.05) is 13.1 Å². The van der Waals surface area contributed by atoms with E-state index in [1.807, 2.05) is 107 Å². The summed E-state index contributed by atoms with van der Waals surface area (Å²) in [5, 5.41) is 16.2. The highest BCUT2D eigenvalue weighted by Crippen LogP contribution is 2.27. The summed E-state index contributed by atoms with van der Waals surface area (Å²) in [7, 11) is 0. The highest BCUT2D eigenvalue weighted by atomic mass is 16.6. The molecule has 3 aromatic rings. The minimum Gasteiger partial charge on any atom is -0.444 e. The Hall–Kier alpha value is -4.48. The Balaban J connectivity index is 1.78. The molecule has 1 aliphatic rings. The second-order valence-corrected chi connectivity index (χ2v) is 11.7. The fraction of sp³-hybridized carbons (Fsp3) is 0.353. The first-order valence-electron chi connectivity index (χ1n) is 14.3. The number of nitriles is 1. The predicted octanol–water partition coefficient (Wildman–Crippen LogP) is 5.37. The molecular formula is C34H39N5O3. The van der Waals surface area contributed by atoms with Crippen LogP contribution in [0.2, 0.25) is 0 Å². The Morgan fingerprint density at radius 2 is 1.67 bits per heavy atom. The van der Waals surface area contributed by atoms with Crippen molar-refractivity contribution >= 4 is 23.4 Å². The molecule has 0 aliphatic carbocycles. The average molecular weight is 566 g/mol. The van der Waals surface area contributed by atoms with E-state index in [2.05, 4.69) is 16.7 Å². The van der Waals surface area contributed by atoms with Crippen LogP contribution in [0.5, 0.6) is 0 Å². The Morgan fingerprint density at radius 3 is 2.19 bits per heavy atom. The molecule has 0 saturated carbocycles. The number of nitrogens with zero attached hydrogens (tertiary/aromatic N) is 3. The third-order valence-corrected chi connectivity index (χ3v) is 6.93. The maximum Gasteiger partial charge on any atom is 0.410 e. The Kier molecular flexibility index (Phi) is 9.76. The van der Waals surface area contributed by atoms with Crippen molar-refractivity contribution in [1.82, 2.24) is 15.5 Å². The third kappa shape index (κ3) is 7.83. The van der Waals surface area contributed by atoms with Crippen LogP contribution in [0.15, 0.2) is 83.9 Å². The molecule has 0 spiro atoms. The molecule has 1 saturated heterocycles. The van der Waals surface area contributed by atoms with Gasteiger partial charge in [-0.3, -0.25) is 4.79 Å². The highest BCUT2D eigenvalue weighted by Gasteiger charge is 2.37. The summed E-state index contributed by atoms with van der Waals surface area (Å²) in [4.78, 5) is 32.6. The van der Waals surface area contributed by atoms with E-state index in [1.165, 1.54) is 0 Å². The smallest absolute Gasteiger partial charge is 0.410 e. The van der Waals surface area contributed by atoms with Gasteiger partial charge in [0.05, 0.1) is 35.6 Å². The Morgan fingerprint density at radius 1 is 1.05 bits per heavy atom. The summed E-state index contributed by atoms with van der Waals surface area (Å²) < 4.78 is 5.80. The van der Waals surface area contributed by atoms with Crippen LogP contribution in [0.4, 0.5) is 10.5 Å². The number of ether oxygens (including phenoxy) is 1. The van der Waals surface area contributed by atoms with E-state index in [9.17, 15) is 14.9 Å². The summed E-state index contributed by atoms with van der Waals surface area (Å²) in [6, 6.07) is 26.6. The average Bonchev–Trinajstić information content (AvgIpc) is 2.95. The van der Waals surface area contributed by atoms with Gasteiger partial charge in [0, 0.05) is 23.7 Å². The van der Waals surface area contributed by atoms with E-state index in [-0.39, 0.29) is 24.5 Å². The molecule has 8 nitrogen and oxygen atoms in total. The predicted molar refractivity (Wildman–Crippen MR) is 165 cm³/mol. The van der Waals surface area contributed by atoms with Crippen LogP contribution in [-0.4, -0.2) is 59.4 Å². The van der Waals surface area contributed by atoms with Crippen LogP contribution in [0.1, 0.15) is 56.9 Å². The van der Waals surface area contributed by atoms with E-state index >= 15 is 0 Å². The maximum atomic E-state index is 13.5. The van der Waals surface area contributed by atoms with Gasteiger partial charge in [-0.25, -0.2) is 9.79 Å². The number of amides is 2. The van der Waals surface area contributed by atoms with Crippen molar-refractivity contribution in [3.05, 3.63) is 101 Å². The van der Waals surface area contributed by atoms with Gasteiger partial charge in [0.2, 0.25) is 5.91 Å². The molecular weight excluding hydrogens is 526 g/mol. The SMILES string of the molecule is CC(C)N(C(=O)OC(C)(C)C)C(Cc1ccc(C#N)c(N=C(c2ccccc2)c2ccccc2)c1)C1CNCC(=O)N1. The zero-order chi connectivity index (χ0) is 30.3. The normalized spacial score (nSPS) is 15.7. The third-order valence-electron chi connectivity index (χ3n) is 6.93. The fourth-order valence-electron chi connectivity index (χ4n) is 5.10. The summed E-state index contributed by atoms with van der Waals surface area (Å²) in [6.07, 6.45) is -0.0192. The molecule has 1 aliphatic heterocycles. The van der Waals surface area contributed by atoms with Gasteiger partial charge in [0.1, 0.15) is 11.7 Å². The summed E-state index contributed by atoms with van der Waals surface area (Å²) >= 11 is 0. The van der Waals surface area contributed by atoms with E-state index < -0.39 is 17.7 Å². The van der Waals surface area contributed by atoms with E-state index in [0.717, 1.165) is 22.4 Å². The van der Waals surface area contributed by atoms with Crippen molar-refractivity contribution < 1.29 is 14.3 Å². The standard InChI is InChI=1S/C34H39N5O3/c1-23(2)39(33(41)42-34(3,4)5)30(29-21-36-22-31(40)37-29)19-24-16-17-27(20-35)28(18-24)38-32(25-12-8-6-9-13-25)26-14-10-7-11-15-26/h6-18,23,29-30,36H,19,21-22H2,1-5H3,(H,37,40). The number of aliphatic imine (C=N–C) groups is 1. The molecule has 8 heteroatoms. The zero-order valence-corrected chi connectivity index (χ0v) is 24.9. The number of carbonyl (C=O) groups excluding carboxylic acids is 2. The number of benzene rings is 3.